The summed E-state index contributed by atoms with van der Waals surface area (Å²) in [6, 6.07) is 3.52. The monoisotopic (exact) mass is 305 g/mol. The second-order valence-electron chi connectivity index (χ2n) is 5.45. The van der Waals surface area contributed by atoms with E-state index in [1.807, 2.05) is 0 Å². The van der Waals surface area contributed by atoms with Gasteiger partial charge < -0.3 is 9.47 Å². The van der Waals surface area contributed by atoms with Crippen molar-refractivity contribution in [1.82, 2.24) is 4.98 Å². The molecule has 5 heteroatoms. The summed E-state index contributed by atoms with van der Waals surface area (Å²) in [6.45, 7) is 4.05. The highest BCUT2D eigenvalue weighted by molar-refractivity contribution is 5.92. The number of carbonyl (C=O) groups is 2. The molecule has 22 heavy (non-hydrogen) atoms. The molecule has 0 N–H and O–H groups in total. The second-order valence-corrected chi connectivity index (χ2v) is 5.45. The average molecular weight is 305 g/mol. The van der Waals surface area contributed by atoms with Gasteiger partial charge in [0.2, 0.25) is 0 Å². The molecule has 1 heterocycles. The highest BCUT2D eigenvalue weighted by Crippen LogP contribution is 2.33. The Morgan fingerprint density at radius 2 is 1.50 bits per heavy atom. The first-order valence-corrected chi connectivity index (χ1v) is 8.02. The van der Waals surface area contributed by atoms with Gasteiger partial charge in [-0.15, -0.1) is 0 Å². The summed E-state index contributed by atoms with van der Waals surface area (Å²) in [5.41, 5.74) is 1.36. The number of esters is 2. The third-order valence-corrected chi connectivity index (χ3v) is 3.89. The predicted molar refractivity (Wildman–Crippen MR) is 82.0 cm³/mol. The molecular formula is C17H23NO4. The minimum absolute atomic E-state index is 0.188. The van der Waals surface area contributed by atoms with E-state index in [1.54, 1.807) is 26.0 Å². The quantitative estimate of drug-likeness (QED) is 0.779. The zero-order valence-corrected chi connectivity index (χ0v) is 13.3. The molecule has 1 saturated carbocycles. The number of hydrogen-bond acceptors (Lipinski definition) is 5. The molecule has 120 valence electrons. The van der Waals surface area contributed by atoms with Crippen molar-refractivity contribution in [3.8, 4) is 0 Å². The van der Waals surface area contributed by atoms with Crippen molar-refractivity contribution < 1.29 is 19.1 Å². The van der Waals surface area contributed by atoms with Crippen molar-refractivity contribution in [3.63, 3.8) is 0 Å². The van der Waals surface area contributed by atoms with Gasteiger partial charge in [-0.05, 0) is 50.3 Å². The fraction of sp³-hybridized carbons (Fsp3) is 0.588. The van der Waals surface area contributed by atoms with Crippen LogP contribution in [0, 0.1) is 0 Å². The van der Waals surface area contributed by atoms with E-state index in [2.05, 4.69) is 4.98 Å². The lowest BCUT2D eigenvalue weighted by Gasteiger charge is -2.22. The molecule has 0 aromatic carbocycles. The topological polar surface area (TPSA) is 65.5 Å². The van der Waals surface area contributed by atoms with Crippen LogP contribution in [0.3, 0.4) is 0 Å². The molecule has 0 bridgehead atoms. The van der Waals surface area contributed by atoms with Gasteiger partial charge in [0.15, 0.2) is 0 Å². The molecule has 1 aromatic heterocycles. The van der Waals surface area contributed by atoms with E-state index in [4.69, 9.17) is 9.47 Å². The Labute approximate surface area is 131 Å². The summed E-state index contributed by atoms with van der Waals surface area (Å²) in [5, 5.41) is 0. The van der Waals surface area contributed by atoms with Gasteiger partial charge in [-0.1, -0.05) is 19.3 Å². The highest BCUT2D eigenvalue weighted by Gasteiger charge is 2.22. The summed E-state index contributed by atoms with van der Waals surface area (Å²) >= 11 is 0. The lowest BCUT2D eigenvalue weighted by molar-refractivity contribution is 0.0511. The minimum atomic E-state index is -0.495. The normalized spacial score (nSPS) is 15.4. The summed E-state index contributed by atoms with van der Waals surface area (Å²) < 4.78 is 10.0. The summed E-state index contributed by atoms with van der Waals surface area (Å²) in [5.74, 6) is -0.616. The zero-order valence-electron chi connectivity index (χ0n) is 13.3. The molecule has 1 fully saturated rings. The Balaban J connectivity index is 2.34. The second kappa shape index (κ2) is 7.92. The predicted octanol–water partition coefficient (Wildman–Crippen LogP) is 3.48. The van der Waals surface area contributed by atoms with Crippen molar-refractivity contribution in [3.05, 3.63) is 29.1 Å². The molecule has 1 aromatic rings. The van der Waals surface area contributed by atoms with Crippen LogP contribution < -0.4 is 0 Å². The van der Waals surface area contributed by atoms with Crippen molar-refractivity contribution in [2.24, 2.45) is 0 Å². The molecule has 1 aliphatic rings. The smallest absolute Gasteiger partial charge is 0.356 e. The fourth-order valence-electron chi connectivity index (χ4n) is 2.84. The van der Waals surface area contributed by atoms with Gasteiger partial charge in [0.1, 0.15) is 11.4 Å². The third kappa shape index (κ3) is 4.06. The maximum absolute atomic E-state index is 12.0. The van der Waals surface area contributed by atoms with Crippen LogP contribution in [0.15, 0.2) is 12.1 Å². The van der Waals surface area contributed by atoms with E-state index < -0.39 is 11.9 Å². The summed E-state index contributed by atoms with van der Waals surface area (Å²) in [4.78, 5) is 28.1. The lowest BCUT2D eigenvalue weighted by Crippen LogP contribution is -2.15. The van der Waals surface area contributed by atoms with Crippen molar-refractivity contribution >= 4 is 11.9 Å². The Bertz CT molecular complexity index is 499. The first-order chi connectivity index (χ1) is 10.7. The van der Waals surface area contributed by atoms with E-state index in [-0.39, 0.29) is 24.6 Å². The van der Waals surface area contributed by atoms with E-state index >= 15 is 0 Å². The maximum atomic E-state index is 12.0. The molecule has 1 aliphatic carbocycles. The lowest BCUT2D eigenvalue weighted by atomic mass is 9.84. The number of rotatable bonds is 5. The van der Waals surface area contributed by atoms with E-state index in [1.165, 1.54) is 19.3 Å². The average Bonchev–Trinajstić information content (AvgIpc) is 2.55. The van der Waals surface area contributed by atoms with Crippen molar-refractivity contribution in [2.45, 2.75) is 51.9 Å². The molecular weight excluding hydrogens is 282 g/mol. The number of aromatic nitrogens is 1. The highest BCUT2D eigenvalue weighted by atomic mass is 16.5. The summed E-state index contributed by atoms with van der Waals surface area (Å²) in [6.07, 6.45) is 5.76. The molecule has 0 saturated heterocycles. The Morgan fingerprint density at radius 3 is 1.95 bits per heavy atom. The van der Waals surface area contributed by atoms with Gasteiger partial charge >= 0.3 is 11.9 Å². The largest absolute Gasteiger partial charge is 0.461 e. The molecule has 0 amide bonds. The minimum Gasteiger partial charge on any atom is -0.461 e. The molecule has 2 rings (SSSR count). The van der Waals surface area contributed by atoms with Crippen LogP contribution in [-0.2, 0) is 9.47 Å². The van der Waals surface area contributed by atoms with Gasteiger partial charge in [-0.3, -0.25) is 0 Å². The number of ether oxygens (including phenoxy) is 2. The molecule has 5 nitrogen and oxygen atoms in total. The SMILES string of the molecule is CCOC(=O)c1cc(C2CCCCC2)cc(C(=O)OCC)n1. The van der Waals surface area contributed by atoms with Crippen LogP contribution in [-0.4, -0.2) is 30.1 Å². The van der Waals surface area contributed by atoms with Crippen LogP contribution in [0.2, 0.25) is 0 Å². The van der Waals surface area contributed by atoms with Crippen LogP contribution in [0.25, 0.3) is 0 Å². The summed E-state index contributed by atoms with van der Waals surface area (Å²) in [7, 11) is 0. The third-order valence-electron chi connectivity index (χ3n) is 3.89. The fourth-order valence-corrected chi connectivity index (χ4v) is 2.84. The van der Waals surface area contributed by atoms with Gasteiger partial charge in [0.25, 0.3) is 0 Å². The van der Waals surface area contributed by atoms with Gasteiger partial charge in [-0.2, -0.15) is 0 Å². The van der Waals surface area contributed by atoms with Gasteiger partial charge in [0.05, 0.1) is 13.2 Å². The molecule has 0 atom stereocenters. The Hall–Kier alpha value is -1.91. The standard InChI is InChI=1S/C17H23NO4/c1-3-21-16(19)14-10-13(12-8-6-5-7-9-12)11-15(18-14)17(20)22-4-2/h10-12H,3-9H2,1-2H3. The molecule has 0 unspecified atom stereocenters. The molecule has 0 aliphatic heterocycles. The van der Waals surface area contributed by atoms with Gasteiger partial charge in [0, 0.05) is 0 Å². The Morgan fingerprint density at radius 1 is 1.00 bits per heavy atom. The van der Waals surface area contributed by atoms with Crippen molar-refractivity contribution in [1.29, 1.82) is 0 Å². The van der Waals surface area contributed by atoms with Crippen molar-refractivity contribution in [2.75, 3.05) is 13.2 Å². The number of pyridine rings is 1. The van der Waals surface area contributed by atoms with E-state index in [0.717, 1.165) is 18.4 Å². The first kappa shape index (κ1) is 16.5. The maximum Gasteiger partial charge on any atom is 0.356 e. The van der Waals surface area contributed by atoms with Crippen LogP contribution in [0.1, 0.15) is 78.4 Å². The number of hydrogen-bond donors (Lipinski definition) is 0. The Kier molecular flexibility index (Phi) is 5.92. The van der Waals surface area contributed by atoms with Crippen LogP contribution >= 0.6 is 0 Å². The number of nitrogens with zero attached hydrogens (tertiary/aromatic N) is 1. The van der Waals surface area contributed by atoms with E-state index in [9.17, 15) is 9.59 Å². The zero-order chi connectivity index (χ0) is 15.9. The van der Waals surface area contributed by atoms with Gasteiger partial charge in [-0.25, -0.2) is 14.6 Å². The van der Waals surface area contributed by atoms with Crippen LogP contribution in [0.5, 0.6) is 0 Å². The first-order valence-electron chi connectivity index (χ1n) is 8.02. The van der Waals surface area contributed by atoms with Crippen LogP contribution in [0.4, 0.5) is 0 Å². The number of carbonyl (C=O) groups excluding carboxylic acids is 2. The van der Waals surface area contributed by atoms with E-state index in [0.29, 0.717) is 5.92 Å². The molecule has 0 radical (unpaired) electrons. The molecule has 0 spiro atoms.